The fourth-order valence-corrected chi connectivity index (χ4v) is 3.09. The fraction of sp³-hybridized carbons (Fsp3) is 0.118. The molecule has 2 aromatic carbocycles. The molecule has 0 spiro atoms. The van der Waals surface area contributed by atoms with E-state index in [1.165, 1.54) is 25.1 Å². The third-order valence-corrected chi connectivity index (χ3v) is 4.47. The Morgan fingerprint density at radius 1 is 1.37 bits per heavy atom. The lowest BCUT2D eigenvalue weighted by Crippen LogP contribution is -2.25. The number of nitrogens with zero attached hydrogens (tertiary/aromatic N) is 3. The van der Waals surface area contributed by atoms with Crippen LogP contribution < -0.4 is 5.32 Å². The molecule has 138 valence electrons. The van der Waals surface area contributed by atoms with Gasteiger partial charge in [0.1, 0.15) is 0 Å². The fourth-order valence-electron chi connectivity index (χ4n) is 2.65. The number of aromatic nitrogens is 3. The molecule has 1 heterocycles. The number of carbonyl (C=O) groups excluding carboxylic acids is 1. The first kappa shape index (κ1) is 18.7. The summed E-state index contributed by atoms with van der Waals surface area (Å²) in [7, 11) is 0. The summed E-state index contributed by atoms with van der Waals surface area (Å²) >= 11 is 11.3. The Morgan fingerprint density at radius 3 is 2.81 bits per heavy atom. The second kappa shape index (κ2) is 7.68. The van der Waals surface area contributed by atoms with Gasteiger partial charge in [-0.15, -0.1) is 0 Å². The summed E-state index contributed by atoms with van der Waals surface area (Å²) in [5.41, 5.74) is 1.13. The number of nitrogens with one attached hydrogen (secondary N) is 2. The van der Waals surface area contributed by atoms with E-state index in [4.69, 9.17) is 23.8 Å². The van der Waals surface area contributed by atoms with E-state index in [1.54, 1.807) is 22.8 Å². The van der Waals surface area contributed by atoms with Crippen molar-refractivity contribution >= 4 is 35.4 Å². The number of hydrogen-bond acceptors (Lipinski definition) is 5. The van der Waals surface area contributed by atoms with Crippen LogP contribution >= 0.6 is 23.8 Å². The molecule has 3 aromatic rings. The van der Waals surface area contributed by atoms with Gasteiger partial charge in [0.05, 0.1) is 17.2 Å². The number of H-pyrrole nitrogens is 1. The van der Waals surface area contributed by atoms with Gasteiger partial charge in [0.2, 0.25) is 0 Å². The van der Waals surface area contributed by atoms with Crippen LogP contribution in [-0.2, 0) is 6.54 Å². The molecular formula is C17H14ClN5O3S. The molecule has 0 atom stereocenters. The van der Waals surface area contributed by atoms with Crippen LogP contribution in [0.1, 0.15) is 21.7 Å². The standard InChI is InChI=1S/C17H14ClN5O3S/c1-10-13(6-3-7-14(10)23(25)26)16(24)19-9-15-20-21-17(27)22(15)12-5-2-4-11(18)8-12/h2-8H,9H2,1H3,(H,19,24)(H,21,27). The first-order chi connectivity index (χ1) is 12.9. The van der Waals surface area contributed by atoms with Crippen LogP contribution in [0.5, 0.6) is 0 Å². The molecule has 8 nitrogen and oxygen atoms in total. The van der Waals surface area contributed by atoms with Crippen LogP contribution in [0.4, 0.5) is 5.69 Å². The van der Waals surface area contributed by atoms with Crippen molar-refractivity contribution in [3.63, 3.8) is 0 Å². The molecule has 1 amide bonds. The van der Waals surface area contributed by atoms with Crippen molar-refractivity contribution in [1.29, 1.82) is 0 Å². The van der Waals surface area contributed by atoms with Crippen molar-refractivity contribution in [2.75, 3.05) is 0 Å². The molecule has 0 saturated heterocycles. The summed E-state index contributed by atoms with van der Waals surface area (Å²) in [4.78, 5) is 23.0. The van der Waals surface area contributed by atoms with E-state index in [0.29, 0.717) is 26.9 Å². The minimum Gasteiger partial charge on any atom is -0.345 e. The highest BCUT2D eigenvalue weighted by molar-refractivity contribution is 7.71. The molecular weight excluding hydrogens is 390 g/mol. The van der Waals surface area contributed by atoms with E-state index in [9.17, 15) is 14.9 Å². The van der Waals surface area contributed by atoms with Gasteiger partial charge in [0.25, 0.3) is 11.6 Å². The van der Waals surface area contributed by atoms with Crippen molar-refractivity contribution < 1.29 is 9.72 Å². The van der Waals surface area contributed by atoms with E-state index < -0.39 is 10.8 Å². The molecule has 0 bridgehead atoms. The Hall–Kier alpha value is -3.04. The van der Waals surface area contributed by atoms with E-state index in [1.807, 2.05) is 6.07 Å². The molecule has 0 aliphatic carbocycles. The topological polar surface area (TPSA) is 106 Å². The predicted molar refractivity (Wildman–Crippen MR) is 103 cm³/mol. The molecule has 0 radical (unpaired) electrons. The zero-order valence-electron chi connectivity index (χ0n) is 14.1. The van der Waals surface area contributed by atoms with Crippen LogP contribution in [-0.4, -0.2) is 25.6 Å². The molecule has 3 rings (SSSR count). The van der Waals surface area contributed by atoms with Gasteiger partial charge in [0, 0.05) is 22.2 Å². The number of amides is 1. The number of aromatic amines is 1. The highest BCUT2D eigenvalue weighted by Crippen LogP contribution is 2.21. The maximum Gasteiger partial charge on any atom is 0.273 e. The van der Waals surface area contributed by atoms with Gasteiger partial charge in [-0.1, -0.05) is 23.7 Å². The molecule has 2 N–H and O–H groups in total. The maximum absolute atomic E-state index is 12.5. The van der Waals surface area contributed by atoms with Crippen LogP contribution in [0.2, 0.25) is 5.02 Å². The van der Waals surface area contributed by atoms with Crippen molar-refractivity contribution in [3.8, 4) is 5.69 Å². The number of nitro groups is 1. The zero-order valence-corrected chi connectivity index (χ0v) is 15.7. The number of rotatable bonds is 5. The average molecular weight is 404 g/mol. The summed E-state index contributed by atoms with van der Waals surface area (Å²) in [5, 5.41) is 21.1. The van der Waals surface area contributed by atoms with Crippen LogP contribution in [0.15, 0.2) is 42.5 Å². The van der Waals surface area contributed by atoms with Crippen LogP contribution in [0.3, 0.4) is 0 Å². The number of carbonyl (C=O) groups is 1. The monoisotopic (exact) mass is 403 g/mol. The van der Waals surface area contributed by atoms with Gasteiger partial charge in [-0.05, 0) is 43.4 Å². The first-order valence-corrected chi connectivity index (χ1v) is 8.61. The van der Waals surface area contributed by atoms with Crippen LogP contribution in [0.25, 0.3) is 5.69 Å². The Balaban J connectivity index is 1.85. The third kappa shape index (κ3) is 3.88. The van der Waals surface area contributed by atoms with Crippen LogP contribution in [0, 0.1) is 21.8 Å². The van der Waals surface area contributed by atoms with Gasteiger partial charge in [-0.2, -0.15) is 5.10 Å². The van der Waals surface area contributed by atoms with Crippen molar-refractivity contribution in [1.82, 2.24) is 20.1 Å². The second-order valence-corrected chi connectivity index (χ2v) is 6.47. The SMILES string of the molecule is Cc1c(C(=O)NCc2n[nH]c(=S)n2-c2cccc(Cl)c2)cccc1[N+](=O)[O-]. The zero-order chi connectivity index (χ0) is 19.6. The normalized spacial score (nSPS) is 10.6. The summed E-state index contributed by atoms with van der Waals surface area (Å²) in [6.45, 7) is 1.61. The molecule has 27 heavy (non-hydrogen) atoms. The number of hydrogen-bond donors (Lipinski definition) is 2. The second-order valence-electron chi connectivity index (χ2n) is 5.65. The lowest BCUT2D eigenvalue weighted by atomic mass is 10.1. The number of nitro benzene ring substituents is 1. The van der Waals surface area contributed by atoms with Crippen molar-refractivity contribution in [2.24, 2.45) is 0 Å². The largest absolute Gasteiger partial charge is 0.345 e. The Kier molecular flexibility index (Phi) is 5.33. The summed E-state index contributed by atoms with van der Waals surface area (Å²) < 4.78 is 2.01. The lowest BCUT2D eigenvalue weighted by molar-refractivity contribution is -0.385. The summed E-state index contributed by atoms with van der Waals surface area (Å²) in [6.07, 6.45) is 0. The molecule has 0 aliphatic rings. The number of halogens is 1. The van der Waals surface area contributed by atoms with E-state index in [-0.39, 0.29) is 17.8 Å². The maximum atomic E-state index is 12.5. The summed E-state index contributed by atoms with van der Waals surface area (Å²) in [5.74, 6) is 0.0291. The van der Waals surface area contributed by atoms with Gasteiger partial charge < -0.3 is 5.32 Å². The van der Waals surface area contributed by atoms with Crippen molar-refractivity contribution in [2.45, 2.75) is 13.5 Å². The first-order valence-electron chi connectivity index (χ1n) is 7.83. The molecule has 0 saturated carbocycles. The Labute approximate surface area is 163 Å². The highest BCUT2D eigenvalue weighted by atomic mass is 35.5. The smallest absolute Gasteiger partial charge is 0.273 e. The average Bonchev–Trinajstić information content (AvgIpc) is 3.00. The molecule has 0 fully saturated rings. The summed E-state index contributed by atoms with van der Waals surface area (Å²) in [6, 6.07) is 11.4. The van der Waals surface area contributed by atoms with E-state index in [2.05, 4.69) is 15.5 Å². The van der Waals surface area contributed by atoms with E-state index in [0.717, 1.165) is 0 Å². The molecule has 1 aromatic heterocycles. The minimum absolute atomic E-state index is 0.0701. The quantitative estimate of drug-likeness (QED) is 0.383. The molecule has 0 aliphatic heterocycles. The van der Waals surface area contributed by atoms with Gasteiger partial charge in [0.15, 0.2) is 10.6 Å². The number of benzene rings is 2. The Bertz CT molecular complexity index is 1090. The predicted octanol–water partition coefficient (Wildman–Crippen LogP) is 3.73. The lowest BCUT2D eigenvalue weighted by Gasteiger charge is -2.10. The van der Waals surface area contributed by atoms with Gasteiger partial charge in [-0.3, -0.25) is 24.6 Å². The van der Waals surface area contributed by atoms with Crippen molar-refractivity contribution in [3.05, 3.63) is 79.3 Å². The minimum atomic E-state index is -0.517. The molecule has 0 unspecified atom stereocenters. The van der Waals surface area contributed by atoms with E-state index >= 15 is 0 Å². The third-order valence-electron chi connectivity index (χ3n) is 3.96. The highest BCUT2D eigenvalue weighted by Gasteiger charge is 2.18. The Morgan fingerprint density at radius 2 is 2.11 bits per heavy atom. The van der Waals surface area contributed by atoms with Gasteiger partial charge >= 0.3 is 0 Å². The van der Waals surface area contributed by atoms with Gasteiger partial charge in [-0.25, -0.2) is 0 Å². The molecule has 10 heteroatoms.